The Hall–Kier alpha value is -4.77. The Morgan fingerprint density at radius 3 is 1.50 bits per heavy atom. The van der Waals surface area contributed by atoms with Gasteiger partial charge in [0.25, 0.3) is 0 Å². The average molecular weight is 1490 g/mol. The third-order valence-electron chi connectivity index (χ3n) is 9.94. The molecule has 2 unspecified atom stereocenters. The zero-order valence-electron chi connectivity index (χ0n) is 42.1. The molecule has 11 heteroatoms. The molecule has 7 nitrogen and oxygen atoms in total. The van der Waals surface area contributed by atoms with Crippen molar-refractivity contribution in [3.63, 3.8) is 0 Å². The summed E-state index contributed by atoms with van der Waals surface area (Å²) in [5, 5.41) is 37.7. The molecule has 3 heterocycles. The van der Waals surface area contributed by atoms with Crippen LogP contribution in [-0.4, -0.2) is 55.7 Å². The van der Waals surface area contributed by atoms with E-state index in [0.29, 0.717) is 0 Å². The Balaban J connectivity index is 0.000000462. The van der Waals surface area contributed by atoms with Gasteiger partial charge < -0.3 is 25.4 Å². The molecular weight excluding hydrogens is 1420 g/mol. The fraction of sp³-hybridized carbons (Fsp3) is 0.237. The van der Waals surface area contributed by atoms with Gasteiger partial charge in [-0.25, -0.2) is 0 Å². The van der Waals surface area contributed by atoms with E-state index in [1.165, 1.54) is 58.6 Å². The second kappa shape index (κ2) is 30.9. The molecule has 8 rings (SSSR count). The topological polar surface area (TPSA) is 120 Å². The fourth-order valence-corrected chi connectivity index (χ4v) is 8.20. The Morgan fingerprint density at radius 2 is 1.06 bits per heavy atom. The van der Waals surface area contributed by atoms with Crippen LogP contribution < -0.4 is 5.19 Å². The predicted molar refractivity (Wildman–Crippen MR) is 283 cm³/mol. The molecule has 0 spiro atoms. The number of allylic oxidation sites excluding steroid dienone is 2. The molecule has 8 aromatic rings. The molecule has 0 fully saturated rings. The maximum Gasteiger partial charge on any atom is 0.0877 e. The van der Waals surface area contributed by atoms with Crippen molar-refractivity contribution in [2.75, 3.05) is 0 Å². The number of hydrogen-bond acceptors (Lipinski definition) is 7. The summed E-state index contributed by atoms with van der Waals surface area (Å²) in [6, 6.07) is 53.8. The minimum absolute atomic E-state index is 0. The number of fused-ring (bicyclic) bond motifs is 2. The van der Waals surface area contributed by atoms with E-state index in [9.17, 15) is 0 Å². The van der Waals surface area contributed by atoms with Gasteiger partial charge in [-0.05, 0) is 92.8 Å². The molecule has 0 bridgehead atoms. The third-order valence-corrected chi connectivity index (χ3v) is 12.0. The SMILES string of the molecule is CC(O)=CC(C)O.CC(O)=CC(C)O.Cc1[c-]c(-c2ccc3cc([Si](C)(C)C)ccc3n2)cc(C)c1.Cc1[c-]c(-c2ccc3ccccc3n2)cc(C)c1.Cc1cccnc1-c1[c-]cccc1.[Ir].[Ir].[Ir]. The summed E-state index contributed by atoms with van der Waals surface area (Å²) in [6.07, 6.45) is 3.46. The summed E-state index contributed by atoms with van der Waals surface area (Å²) in [5.74, 6) is 0.324. The summed E-state index contributed by atoms with van der Waals surface area (Å²) < 4.78 is 0. The smallest absolute Gasteiger partial charge is 0.0877 e. The van der Waals surface area contributed by atoms with Crippen LogP contribution in [0.4, 0.5) is 0 Å². The van der Waals surface area contributed by atoms with Crippen LogP contribution in [0.5, 0.6) is 0 Å². The van der Waals surface area contributed by atoms with Crippen molar-refractivity contribution in [3.05, 3.63) is 203 Å². The summed E-state index contributed by atoms with van der Waals surface area (Å²) in [6.45, 7) is 23.8. The number of aryl methyl sites for hydroxylation is 5. The molecular formula is C59H66Ir3N3O4Si-3. The van der Waals surface area contributed by atoms with Gasteiger partial charge >= 0.3 is 0 Å². The average Bonchev–Trinajstić information content (AvgIpc) is 3.25. The molecule has 0 aliphatic heterocycles. The molecule has 70 heavy (non-hydrogen) atoms. The van der Waals surface area contributed by atoms with Crippen LogP contribution >= 0.6 is 0 Å². The molecule has 2 atom stereocenters. The minimum atomic E-state index is -1.28. The number of aromatic nitrogens is 3. The molecule has 0 saturated heterocycles. The maximum atomic E-state index is 8.49. The van der Waals surface area contributed by atoms with Crippen molar-refractivity contribution in [2.45, 2.75) is 94.2 Å². The number of pyridine rings is 3. The molecule has 4 N–H and O–H groups in total. The number of nitrogens with zero attached hydrogens (tertiary/aromatic N) is 3. The van der Waals surface area contributed by atoms with Gasteiger partial charge in [-0.15, -0.1) is 106 Å². The number of rotatable bonds is 6. The van der Waals surface area contributed by atoms with Gasteiger partial charge in [-0.1, -0.05) is 119 Å². The van der Waals surface area contributed by atoms with E-state index >= 15 is 0 Å². The number of benzene rings is 5. The molecule has 5 aromatic carbocycles. The predicted octanol–water partition coefficient (Wildman–Crippen LogP) is 13.7. The molecule has 0 amide bonds. The van der Waals surface area contributed by atoms with Gasteiger partial charge in [-0.2, -0.15) is 0 Å². The Labute approximate surface area is 458 Å². The van der Waals surface area contributed by atoms with E-state index < -0.39 is 20.3 Å². The van der Waals surface area contributed by atoms with E-state index in [4.69, 9.17) is 30.4 Å². The zero-order valence-corrected chi connectivity index (χ0v) is 50.3. The van der Waals surface area contributed by atoms with Crippen LogP contribution in [0.2, 0.25) is 19.6 Å². The van der Waals surface area contributed by atoms with E-state index in [1.54, 1.807) is 13.8 Å². The van der Waals surface area contributed by atoms with Crippen molar-refractivity contribution < 1.29 is 80.7 Å². The van der Waals surface area contributed by atoms with Crippen LogP contribution in [0.3, 0.4) is 0 Å². The van der Waals surface area contributed by atoms with Crippen LogP contribution in [0.25, 0.3) is 55.6 Å². The van der Waals surface area contributed by atoms with Crippen LogP contribution in [0.15, 0.2) is 157 Å². The first-order valence-corrected chi connectivity index (χ1v) is 26.0. The van der Waals surface area contributed by atoms with Crippen molar-refractivity contribution >= 4 is 35.1 Å². The molecule has 0 saturated carbocycles. The van der Waals surface area contributed by atoms with Gasteiger partial charge in [0, 0.05) is 66.5 Å². The largest absolute Gasteiger partial charge is 0.513 e. The van der Waals surface area contributed by atoms with Gasteiger partial charge in [0.2, 0.25) is 0 Å². The number of aliphatic hydroxyl groups excluding tert-OH is 4. The Morgan fingerprint density at radius 1 is 0.557 bits per heavy atom. The Bertz CT molecular complexity index is 2850. The van der Waals surface area contributed by atoms with Gasteiger partial charge in [0.1, 0.15) is 0 Å². The Kier molecular flexibility index (Phi) is 27.9. The van der Waals surface area contributed by atoms with Gasteiger partial charge in [0.05, 0.1) is 42.8 Å². The molecule has 3 aromatic heterocycles. The second-order valence-corrected chi connectivity index (χ2v) is 22.9. The molecule has 3 radical (unpaired) electrons. The monoisotopic (exact) mass is 1490 g/mol. The van der Waals surface area contributed by atoms with Crippen molar-refractivity contribution in [3.8, 4) is 33.8 Å². The first-order valence-electron chi connectivity index (χ1n) is 22.5. The summed E-state index contributed by atoms with van der Waals surface area (Å²) in [4.78, 5) is 13.8. The first kappa shape index (κ1) is 63.3. The first-order chi connectivity index (χ1) is 31.7. The molecule has 0 aliphatic rings. The van der Waals surface area contributed by atoms with E-state index in [2.05, 4.69) is 156 Å². The van der Waals surface area contributed by atoms with E-state index in [1.807, 2.05) is 54.7 Å². The summed E-state index contributed by atoms with van der Waals surface area (Å²) in [5.41, 5.74) is 14.3. The second-order valence-electron chi connectivity index (χ2n) is 17.8. The molecule has 375 valence electrons. The number of hydrogen-bond donors (Lipinski definition) is 4. The summed E-state index contributed by atoms with van der Waals surface area (Å²) in [7, 11) is -1.28. The van der Waals surface area contributed by atoms with Crippen LogP contribution in [0.1, 0.15) is 55.5 Å². The van der Waals surface area contributed by atoms with Gasteiger partial charge in [-0.3, -0.25) is 9.97 Å². The third kappa shape index (κ3) is 21.7. The number of para-hydroxylation sites is 1. The fourth-order valence-electron chi connectivity index (χ4n) is 7.03. The number of aliphatic hydroxyl groups is 4. The summed E-state index contributed by atoms with van der Waals surface area (Å²) >= 11 is 0. The van der Waals surface area contributed by atoms with E-state index in [-0.39, 0.29) is 71.8 Å². The zero-order chi connectivity index (χ0) is 49.3. The standard InChI is InChI=1S/C20H22NSi.C17H14N.C12H10N.2C5H10O2.3Ir/c1-14-10-15(2)12-17(11-14)20-8-6-16-13-18(22(3,4)5)7-9-19(16)21-20;1-12-9-13(2)11-15(10-12)17-8-7-14-5-3-4-6-16(14)18-17;1-10-6-5-9-13-12(10)11-7-3-2-4-8-11;2*1-4(6)3-5(2)7;;;/h6-11,13H,1-5H3;3-10H,1-2H3;2-7,9H,1H3;2*3-4,6-7H,1-2H3;;;/q3*-1;;;;;. The van der Waals surface area contributed by atoms with Crippen LogP contribution in [0, 0.1) is 52.8 Å². The normalized spacial score (nSPS) is 11.7. The van der Waals surface area contributed by atoms with Gasteiger partial charge in [0.15, 0.2) is 0 Å². The minimum Gasteiger partial charge on any atom is -0.513 e. The van der Waals surface area contributed by atoms with Crippen LogP contribution in [-0.2, 0) is 60.3 Å². The van der Waals surface area contributed by atoms with Crippen molar-refractivity contribution in [2.24, 2.45) is 0 Å². The van der Waals surface area contributed by atoms with E-state index in [0.717, 1.165) is 55.9 Å². The quantitative estimate of drug-likeness (QED) is 0.0744. The maximum absolute atomic E-state index is 8.49. The molecule has 0 aliphatic carbocycles. The van der Waals surface area contributed by atoms with Crippen molar-refractivity contribution in [1.82, 2.24) is 15.0 Å². The van der Waals surface area contributed by atoms with Crippen molar-refractivity contribution in [1.29, 1.82) is 0 Å².